The average molecular weight is 306 g/mol. The molecule has 2 N–H and O–H groups in total. The summed E-state index contributed by atoms with van der Waals surface area (Å²) < 4.78 is 1.55. The number of benzene rings is 1. The maximum Gasteiger partial charge on any atom is 0.276 e. The number of aryl methyl sites for hydroxylation is 1. The van der Waals surface area contributed by atoms with Crippen LogP contribution in [0.2, 0.25) is 0 Å². The van der Waals surface area contributed by atoms with Gasteiger partial charge in [0.05, 0.1) is 0 Å². The van der Waals surface area contributed by atoms with E-state index in [2.05, 4.69) is 27.5 Å². The van der Waals surface area contributed by atoms with Crippen molar-refractivity contribution in [3.8, 4) is 5.82 Å². The van der Waals surface area contributed by atoms with Gasteiger partial charge in [0.25, 0.3) is 5.56 Å². The Kier molecular flexibility index (Phi) is 3.46. The fourth-order valence-electron chi connectivity index (χ4n) is 3.14. The summed E-state index contributed by atoms with van der Waals surface area (Å²) >= 11 is 0. The van der Waals surface area contributed by atoms with Gasteiger partial charge >= 0.3 is 0 Å². The van der Waals surface area contributed by atoms with Crippen molar-refractivity contribution in [2.45, 2.75) is 25.3 Å². The second kappa shape index (κ2) is 5.76. The van der Waals surface area contributed by atoms with Gasteiger partial charge in [0, 0.05) is 29.2 Å². The Bertz CT molecular complexity index is 852. The van der Waals surface area contributed by atoms with Crippen molar-refractivity contribution >= 4 is 5.69 Å². The fraction of sp³-hybridized carbons (Fsp3) is 0.222. The van der Waals surface area contributed by atoms with Gasteiger partial charge in [-0.2, -0.15) is 0 Å². The van der Waals surface area contributed by atoms with E-state index in [1.165, 1.54) is 0 Å². The lowest BCUT2D eigenvalue weighted by atomic mass is 9.93. The highest BCUT2D eigenvalue weighted by Gasteiger charge is 2.24. The van der Waals surface area contributed by atoms with E-state index in [0.717, 1.165) is 36.2 Å². The van der Waals surface area contributed by atoms with Gasteiger partial charge < -0.3 is 5.32 Å². The third kappa shape index (κ3) is 2.65. The van der Waals surface area contributed by atoms with Crippen LogP contribution in [0.25, 0.3) is 5.82 Å². The molecule has 23 heavy (non-hydrogen) atoms. The highest BCUT2D eigenvalue weighted by molar-refractivity contribution is 5.44. The summed E-state index contributed by atoms with van der Waals surface area (Å²) in [6.45, 7) is 0. The van der Waals surface area contributed by atoms with Gasteiger partial charge in [-0.25, -0.2) is 9.67 Å². The smallest absolute Gasteiger partial charge is 0.276 e. The van der Waals surface area contributed by atoms with E-state index in [9.17, 15) is 4.79 Å². The van der Waals surface area contributed by atoms with E-state index < -0.39 is 0 Å². The summed E-state index contributed by atoms with van der Waals surface area (Å²) in [5, 5.41) is 6.74. The van der Waals surface area contributed by atoms with Gasteiger partial charge in [0.1, 0.15) is 0 Å². The minimum atomic E-state index is 0.0123. The number of anilines is 1. The first-order valence-corrected chi connectivity index (χ1v) is 7.87. The molecule has 116 valence electrons. The molecular formula is C18H18N4O. The molecular weight excluding hydrogens is 288 g/mol. The van der Waals surface area contributed by atoms with Gasteiger partial charge in [-0.1, -0.05) is 24.3 Å². The van der Waals surface area contributed by atoms with Crippen molar-refractivity contribution in [2.24, 2.45) is 0 Å². The molecule has 1 aromatic carbocycles. The second-order valence-corrected chi connectivity index (χ2v) is 5.85. The molecule has 0 fully saturated rings. The largest absolute Gasteiger partial charge is 0.382 e. The molecule has 0 saturated heterocycles. The first-order chi connectivity index (χ1) is 11.3. The number of rotatable bonds is 3. The van der Waals surface area contributed by atoms with Gasteiger partial charge in [-0.15, -0.1) is 0 Å². The minimum absolute atomic E-state index is 0.0123. The zero-order chi connectivity index (χ0) is 15.6. The van der Waals surface area contributed by atoms with Gasteiger partial charge in [0.2, 0.25) is 0 Å². The normalized spacial score (nSPS) is 16.8. The predicted octanol–water partition coefficient (Wildman–Crippen LogP) is 2.53. The Balaban J connectivity index is 1.60. The molecule has 5 heteroatoms. The Hall–Kier alpha value is -2.82. The first-order valence-electron chi connectivity index (χ1n) is 7.87. The number of H-pyrrole nitrogens is 1. The van der Waals surface area contributed by atoms with Crippen molar-refractivity contribution in [1.82, 2.24) is 14.8 Å². The number of hydrogen-bond acceptors (Lipinski definition) is 3. The predicted molar refractivity (Wildman–Crippen MR) is 90.1 cm³/mol. The highest BCUT2D eigenvalue weighted by Crippen LogP contribution is 2.21. The number of pyridine rings is 1. The number of aromatic amines is 1. The monoisotopic (exact) mass is 306 g/mol. The van der Waals surface area contributed by atoms with Crippen molar-refractivity contribution in [3.63, 3.8) is 0 Å². The summed E-state index contributed by atoms with van der Waals surface area (Å²) in [7, 11) is 0. The third-order valence-corrected chi connectivity index (χ3v) is 4.29. The minimum Gasteiger partial charge on any atom is -0.382 e. The van der Waals surface area contributed by atoms with E-state index >= 15 is 0 Å². The van der Waals surface area contributed by atoms with Gasteiger partial charge in [-0.05, 0) is 43.5 Å². The van der Waals surface area contributed by atoms with Crippen LogP contribution in [-0.2, 0) is 12.8 Å². The zero-order valence-electron chi connectivity index (χ0n) is 12.7. The number of nitrogens with zero attached hydrogens (tertiary/aromatic N) is 2. The molecule has 2 heterocycles. The number of para-hydroxylation sites is 1. The van der Waals surface area contributed by atoms with Gasteiger partial charge in [0.15, 0.2) is 5.82 Å². The number of nitrogens with one attached hydrogen (secondary N) is 2. The van der Waals surface area contributed by atoms with Crippen LogP contribution in [0.1, 0.15) is 17.7 Å². The standard InChI is InChI=1S/C18H18N4O/c23-18-15-12-14(20-13-6-2-1-3-7-13)9-10-16(15)21-22(18)17-8-4-5-11-19-17/h1-8,11,14,20-21H,9-10,12H2. The second-order valence-electron chi connectivity index (χ2n) is 5.85. The molecule has 4 rings (SSSR count). The number of fused-ring (bicyclic) bond motifs is 1. The van der Waals surface area contributed by atoms with E-state index in [-0.39, 0.29) is 11.6 Å². The van der Waals surface area contributed by atoms with Crippen molar-refractivity contribution in [1.29, 1.82) is 0 Å². The molecule has 0 bridgehead atoms. The quantitative estimate of drug-likeness (QED) is 0.781. The summed E-state index contributed by atoms with van der Waals surface area (Å²) in [6, 6.07) is 16.0. The van der Waals surface area contributed by atoms with Crippen LogP contribution in [0, 0.1) is 0 Å². The molecule has 0 aliphatic heterocycles. The lowest BCUT2D eigenvalue weighted by Crippen LogP contribution is -2.30. The number of aromatic nitrogens is 3. The molecule has 1 unspecified atom stereocenters. The molecule has 1 atom stereocenters. The molecule has 0 radical (unpaired) electrons. The van der Waals surface area contributed by atoms with Crippen LogP contribution in [0.3, 0.4) is 0 Å². The average Bonchev–Trinajstić information content (AvgIpc) is 2.93. The molecule has 1 aliphatic carbocycles. The van der Waals surface area contributed by atoms with E-state index in [1.54, 1.807) is 10.9 Å². The molecule has 0 spiro atoms. The van der Waals surface area contributed by atoms with Crippen LogP contribution in [-0.4, -0.2) is 20.8 Å². The molecule has 0 saturated carbocycles. The lowest BCUT2D eigenvalue weighted by molar-refractivity contribution is 0.602. The Morgan fingerprint density at radius 3 is 2.74 bits per heavy atom. The van der Waals surface area contributed by atoms with E-state index in [1.807, 2.05) is 36.4 Å². The molecule has 0 amide bonds. The zero-order valence-corrected chi connectivity index (χ0v) is 12.7. The van der Waals surface area contributed by atoms with E-state index in [0.29, 0.717) is 5.82 Å². The Labute approximate surface area is 134 Å². The van der Waals surface area contributed by atoms with Crippen molar-refractivity contribution < 1.29 is 0 Å². The Morgan fingerprint density at radius 1 is 1.13 bits per heavy atom. The van der Waals surface area contributed by atoms with Crippen LogP contribution < -0.4 is 10.9 Å². The SMILES string of the molecule is O=c1c2c([nH]n1-c1ccccn1)CCC(Nc1ccccc1)C2. The summed E-state index contributed by atoms with van der Waals surface area (Å²) in [6.07, 6.45) is 4.31. The van der Waals surface area contributed by atoms with Crippen LogP contribution in [0.15, 0.2) is 59.5 Å². The molecule has 3 aromatic rings. The molecule has 5 nitrogen and oxygen atoms in total. The highest BCUT2D eigenvalue weighted by atomic mass is 16.1. The van der Waals surface area contributed by atoms with Crippen molar-refractivity contribution in [2.75, 3.05) is 5.32 Å². The summed E-state index contributed by atoms with van der Waals surface area (Å²) in [5.74, 6) is 0.638. The molecule has 2 aromatic heterocycles. The third-order valence-electron chi connectivity index (χ3n) is 4.29. The summed E-state index contributed by atoms with van der Waals surface area (Å²) in [5.41, 5.74) is 3.02. The summed E-state index contributed by atoms with van der Waals surface area (Å²) in [4.78, 5) is 16.9. The lowest BCUT2D eigenvalue weighted by Gasteiger charge is -2.23. The number of hydrogen-bond donors (Lipinski definition) is 2. The maximum absolute atomic E-state index is 12.7. The first kappa shape index (κ1) is 13.8. The fourth-order valence-corrected chi connectivity index (χ4v) is 3.14. The van der Waals surface area contributed by atoms with Crippen LogP contribution in [0.4, 0.5) is 5.69 Å². The van der Waals surface area contributed by atoms with Crippen LogP contribution >= 0.6 is 0 Å². The van der Waals surface area contributed by atoms with Crippen molar-refractivity contribution in [3.05, 3.63) is 76.3 Å². The topological polar surface area (TPSA) is 62.7 Å². The maximum atomic E-state index is 12.7. The van der Waals surface area contributed by atoms with Crippen LogP contribution in [0.5, 0.6) is 0 Å². The Morgan fingerprint density at radius 2 is 1.96 bits per heavy atom. The van der Waals surface area contributed by atoms with E-state index in [4.69, 9.17) is 0 Å². The van der Waals surface area contributed by atoms with Gasteiger partial charge in [-0.3, -0.25) is 9.89 Å². The molecule has 1 aliphatic rings.